The van der Waals surface area contributed by atoms with Crippen LogP contribution in [-0.2, 0) is 0 Å². The lowest BCUT2D eigenvalue weighted by atomic mass is 10.3. The van der Waals surface area contributed by atoms with Crippen molar-refractivity contribution in [2.75, 3.05) is 5.32 Å². The number of hydrogen-bond acceptors (Lipinski definition) is 3. The fraction of sp³-hybridized carbons (Fsp3) is 0.214. The summed E-state index contributed by atoms with van der Waals surface area (Å²) in [5.74, 6) is 0.0949. The zero-order valence-corrected chi connectivity index (χ0v) is 11.2. The van der Waals surface area contributed by atoms with Crippen molar-refractivity contribution < 1.29 is 9.18 Å². The molecule has 0 saturated heterocycles. The first-order valence-corrected chi connectivity index (χ1v) is 6.60. The van der Waals surface area contributed by atoms with Crippen molar-refractivity contribution in [2.45, 2.75) is 18.8 Å². The third-order valence-electron chi connectivity index (χ3n) is 3.03. The number of amides is 1. The van der Waals surface area contributed by atoms with E-state index in [2.05, 4.69) is 15.3 Å². The van der Waals surface area contributed by atoms with Gasteiger partial charge in [-0.1, -0.05) is 11.6 Å². The van der Waals surface area contributed by atoms with Gasteiger partial charge < -0.3 is 5.32 Å². The lowest BCUT2D eigenvalue weighted by molar-refractivity contribution is 0.102. The van der Waals surface area contributed by atoms with E-state index in [4.69, 9.17) is 11.6 Å². The summed E-state index contributed by atoms with van der Waals surface area (Å²) >= 11 is 5.59. The Kier molecular flexibility index (Phi) is 3.36. The van der Waals surface area contributed by atoms with Gasteiger partial charge >= 0.3 is 0 Å². The summed E-state index contributed by atoms with van der Waals surface area (Å²) < 4.78 is 13.3. The first-order chi connectivity index (χ1) is 9.63. The number of anilines is 1. The van der Waals surface area contributed by atoms with Crippen molar-refractivity contribution in [2.24, 2.45) is 0 Å². The summed E-state index contributed by atoms with van der Waals surface area (Å²) in [6.07, 6.45) is 3.69. The van der Waals surface area contributed by atoms with Crippen LogP contribution in [-0.4, -0.2) is 15.9 Å². The number of hydrogen-bond donors (Lipinski definition) is 1. The molecular weight excluding hydrogens is 281 g/mol. The molecule has 0 spiro atoms. The zero-order valence-electron chi connectivity index (χ0n) is 10.4. The molecular formula is C14H11ClFN3O. The van der Waals surface area contributed by atoms with E-state index in [1.807, 2.05) is 0 Å². The molecule has 2 aromatic rings. The fourth-order valence-electron chi connectivity index (χ4n) is 1.81. The van der Waals surface area contributed by atoms with Crippen LogP contribution in [0, 0.1) is 5.82 Å². The van der Waals surface area contributed by atoms with Gasteiger partial charge in [-0.25, -0.2) is 14.4 Å². The molecule has 20 heavy (non-hydrogen) atoms. The highest BCUT2D eigenvalue weighted by atomic mass is 35.5. The minimum Gasteiger partial charge on any atom is -0.321 e. The van der Waals surface area contributed by atoms with Gasteiger partial charge in [-0.2, -0.15) is 0 Å². The van der Waals surface area contributed by atoms with Gasteiger partial charge in [0.1, 0.15) is 17.3 Å². The van der Waals surface area contributed by atoms with Crippen molar-refractivity contribution >= 4 is 23.2 Å². The number of nitrogens with one attached hydrogen (secondary N) is 1. The van der Waals surface area contributed by atoms with E-state index in [1.54, 1.807) is 6.20 Å². The standard InChI is InChI=1S/C14H11ClFN3O/c15-10-4-3-9(7-11(10)16)18-14(20)12-5-6-17-13(19-12)8-1-2-8/h3-8H,1-2H2,(H,18,20). The molecule has 1 aliphatic carbocycles. The molecule has 0 atom stereocenters. The van der Waals surface area contributed by atoms with Crippen molar-refractivity contribution in [1.29, 1.82) is 0 Å². The third-order valence-corrected chi connectivity index (χ3v) is 3.33. The van der Waals surface area contributed by atoms with Gasteiger partial charge in [-0.05, 0) is 37.1 Å². The molecule has 1 N–H and O–H groups in total. The topological polar surface area (TPSA) is 54.9 Å². The highest BCUT2D eigenvalue weighted by Crippen LogP contribution is 2.37. The molecule has 1 heterocycles. The van der Waals surface area contributed by atoms with E-state index in [1.165, 1.54) is 24.3 Å². The molecule has 1 aromatic heterocycles. The van der Waals surface area contributed by atoms with Gasteiger partial charge in [0.05, 0.1) is 5.02 Å². The van der Waals surface area contributed by atoms with Gasteiger partial charge in [-0.3, -0.25) is 4.79 Å². The van der Waals surface area contributed by atoms with E-state index >= 15 is 0 Å². The van der Waals surface area contributed by atoms with Gasteiger partial charge in [-0.15, -0.1) is 0 Å². The van der Waals surface area contributed by atoms with E-state index in [0.717, 1.165) is 12.8 Å². The Morgan fingerprint density at radius 1 is 1.35 bits per heavy atom. The Bertz CT molecular complexity index is 673. The number of carbonyl (C=O) groups excluding carboxylic acids is 1. The van der Waals surface area contributed by atoms with Crippen molar-refractivity contribution in [3.63, 3.8) is 0 Å². The van der Waals surface area contributed by atoms with Crippen LogP contribution in [0.25, 0.3) is 0 Å². The fourth-order valence-corrected chi connectivity index (χ4v) is 1.93. The van der Waals surface area contributed by atoms with Crippen molar-refractivity contribution in [3.05, 3.63) is 52.8 Å². The van der Waals surface area contributed by atoms with Gasteiger partial charge in [0.15, 0.2) is 0 Å². The molecule has 0 radical (unpaired) electrons. The minimum absolute atomic E-state index is 0.0149. The Balaban J connectivity index is 1.78. The quantitative estimate of drug-likeness (QED) is 0.943. The highest BCUT2D eigenvalue weighted by molar-refractivity contribution is 6.30. The Morgan fingerprint density at radius 2 is 2.15 bits per heavy atom. The summed E-state index contributed by atoms with van der Waals surface area (Å²) in [5, 5.41) is 2.60. The summed E-state index contributed by atoms with van der Waals surface area (Å²) in [6, 6.07) is 5.63. The van der Waals surface area contributed by atoms with Crippen LogP contribution >= 0.6 is 11.6 Å². The van der Waals surface area contributed by atoms with E-state index in [9.17, 15) is 9.18 Å². The predicted octanol–water partition coefficient (Wildman–Crippen LogP) is 3.40. The molecule has 0 aliphatic heterocycles. The lowest BCUT2D eigenvalue weighted by Gasteiger charge is -2.06. The van der Waals surface area contributed by atoms with Crippen LogP contribution in [0.4, 0.5) is 10.1 Å². The highest BCUT2D eigenvalue weighted by Gasteiger charge is 2.27. The van der Waals surface area contributed by atoms with Crippen LogP contribution in [0.3, 0.4) is 0 Å². The first-order valence-electron chi connectivity index (χ1n) is 6.23. The van der Waals surface area contributed by atoms with Crippen LogP contribution in [0.5, 0.6) is 0 Å². The molecule has 1 saturated carbocycles. The largest absolute Gasteiger partial charge is 0.321 e. The Morgan fingerprint density at radius 3 is 2.85 bits per heavy atom. The molecule has 1 amide bonds. The average Bonchev–Trinajstić information content (AvgIpc) is 3.28. The van der Waals surface area contributed by atoms with E-state index in [0.29, 0.717) is 17.4 Å². The number of halogens is 2. The number of rotatable bonds is 3. The molecule has 0 bridgehead atoms. The SMILES string of the molecule is O=C(Nc1ccc(Cl)c(F)c1)c1ccnc(C2CC2)n1. The lowest BCUT2D eigenvalue weighted by Crippen LogP contribution is -2.15. The Labute approximate surface area is 120 Å². The molecule has 4 nitrogen and oxygen atoms in total. The normalized spacial score (nSPS) is 14.1. The second-order valence-electron chi connectivity index (χ2n) is 4.66. The number of aromatic nitrogens is 2. The number of benzene rings is 1. The predicted molar refractivity (Wildman–Crippen MR) is 73.4 cm³/mol. The van der Waals surface area contributed by atoms with Crippen LogP contribution in [0.15, 0.2) is 30.5 Å². The summed E-state index contributed by atoms with van der Waals surface area (Å²) in [4.78, 5) is 20.4. The molecule has 1 aromatic carbocycles. The molecule has 102 valence electrons. The molecule has 3 rings (SSSR count). The van der Waals surface area contributed by atoms with Crippen LogP contribution in [0.2, 0.25) is 5.02 Å². The summed E-state index contributed by atoms with van der Waals surface area (Å²) in [6.45, 7) is 0. The minimum atomic E-state index is -0.578. The third kappa shape index (κ3) is 2.77. The monoisotopic (exact) mass is 291 g/mol. The second-order valence-corrected chi connectivity index (χ2v) is 5.06. The molecule has 6 heteroatoms. The van der Waals surface area contributed by atoms with Crippen LogP contribution in [0.1, 0.15) is 35.1 Å². The van der Waals surface area contributed by atoms with Crippen LogP contribution < -0.4 is 5.32 Å². The van der Waals surface area contributed by atoms with Crippen molar-refractivity contribution in [3.8, 4) is 0 Å². The number of carbonyl (C=O) groups is 1. The molecule has 1 aliphatic rings. The summed E-state index contributed by atoms with van der Waals surface area (Å²) in [7, 11) is 0. The van der Waals surface area contributed by atoms with Crippen molar-refractivity contribution in [1.82, 2.24) is 9.97 Å². The second kappa shape index (κ2) is 5.17. The maximum atomic E-state index is 13.3. The first kappa shape index (κ1) is 13.0. The van der Waals surface area contributed by atoms with E-state index < -0.39 is 11.7 Å². The smallest absolute Gasteiger partial charge is 0.274 e. The maximum absolute atomic E-state index is 13.3. The average molecular weight is 292 g/mol. The summed E-state index contributed by atoms with van der Waals surface area (Å²) in [5.41, 5.74) is 0.612. The number of nitrogens with zero attached hydrogens (tertiary/aromatic N) is 2. The van der Waals surface area contributed by atoms with Gasteiger partial charge in [0, 0.05) is 17.8 Å². The molecule has 1 fully saturated rings. The molecule has 0 unspecified atom stereocenters. The maximum Gasteiger partial charge on any atom is 0.274 e. The van der Waals surface area contributed by atoms with Gasteiger partial charge in [0.25, 0.3) is 5.91 Å². The zero-order chi connectivity index (χ0) is 14.1. The Hall–Kier alpha value is -2.01. The van der Waals surface area contributed by atoms with Gasteiger partial charge in [0.2, 0.25) is 0 Å². The van der Waals surface area contributed by atoms with E-state index in [-0.39, 0.29) is 10.7 Å².